The highest BCUT2D eigenvalue weighted by atomic mass is 16.6. The Morgan fingerprint density at radius 2 is 1.55 bits per heavy atom. The molecule has 0 saturated carbocycles. The van der Waals surface area contributed by atoms with Crippen molar-refractivity contribution in [2.45, 2.75) is 117 Å². The van der Waals surface area contributed by atoms with Crippen molar-refractivity contribution < 1.29 is 66.7 Å². The smallest absolute Gasteiger partial charge is 0.408 e. The predicted molar refractivity (Wildman–Crippen MR) is 178 cm³/mol. The average molecular weight is 721 g/mol. The van der Waals surface area contributed by atoms with Gasteiger partial charge in [0.2, 0.25) is 0 Å². The normalized spacial score (nSPS) is 21.1. The van der Waals surface area contributed by atoms with Gasteiger partial charge in [-0.05, 0) is 57.9 Å². The summed E-state index contributed by atoms with van der Waals surface area (Å²) in [6.45, 7) is 15.9. The van der Waals surface area contributed by atoms with Gasteiger partial charge in [-0.2, -0.15) is 0 Å². The van der Waals surface area contributed by atoms with E-state index in [1.165, 1.54) is 25.1 Å². The number of carbonyl (C=O) groups excluding carboxylic acids is 7. The van der Waals surface area contributed by atoms with E-state index in [4.69, 9.17) is 33.2 Å². The van der Waals surface area contributed by atoms with E-state index in [0.717, 1.165) is 27.9 Å². The number of esters is 5. The summed E-state index contributed by atoms with van der Waals surface area (Å²) in [5, 5.41) is 5.25. The molecule has 2 rings (SSSR count). The van der Waals surface area contributed by atoms with Gasteiger partial charge >= 0.3 is 35.9 Å². The molecule has 1 aromatic carbocycles. The zero-order valence-corrected chi connectivity index (χ0v) is 30.7. The van der Waals surface area contributed by atoms with Gasteiger partial charge in [0, 0.05) is 46.1 Å². The molecule has 16 nitrogen and oxygen atoms in total. The first-order valence-electron chi connectivity index (χ1n) is 16.1. The fraction of sp³-hybridized carbons (Fsp3) is 0.571. The summed E-state index contributed by atoms with van der Waals surface area (Å²) >= 11 is 0. The Hall–Kier alpha value is -4.99. The highest BCUT2D eigenvalue weighted by Gasteiger charge is 2.58. The first-order chi connectivity index (χ1) is 23.6. The third-order valence-electron chi connectivity index (χ3n) is 7.42. The maximum Gasteiger partial charge on any atom is 0.408 e. The number of aryl methyl sites for hydroxylation is 2. The number of carbonyl (C=O) groups is 7. The third-order valence-corrected chi connectivity index (χ3v) is 7.42. The third kappa shape index (κ3) is 12.1. The van der Waals surface area contributed by atoms with Crippen molar-refractivity contribution in [1.82, 2.24) is 10.6 Å². The minimum absolute atomic E-state index is 0.163. The average Bonchev–Trinajstić information content (AvgIpc) is 2.99. The van der Waals surface area contributed by atoms with Crippen LogP contribution in [0.4, 0.5) is 4.79 Å². The number of hydrogen-bond acceptors (Lipinski definition) is 14. The number of alkyl carbamates (subject to hydrolysis) is 1. The van der Waals surface area contributed by atoms with Gasteiger partial charge in [-0.3, -0.25) is 24.0 Å². The Kier molecular flexibility index (Phi) is 14.7. The monoisotopic (exact) mass is 720 g/mol. The van der Waals surface area contributed by atoms with E-state index in [1.807, 2.05) is 0 Å². The highest BCUT2D eigenvalue weighted by molar-refractivity contribution is 5.95. The maximum absolute atomic E-state index is 13.4. The lowest BCUT2D eigenvalue weighted by molar-refractivity contribution is -0.238. The van der Waals surface area contributed by atoms with Crippen molar-refractivity contribution in [1.29, 1.82) is 0 Å². The van der Waals surface area contributed by atoms with Crippen LogP contribution in [0.5, 0.6) is 5.75 Å². The lowest BCUT2D eigenvalue weighted by Gasteiger charge is -2.49. The van der Waals surface area contributed by atoms with Crippen molar-refractivity contribution in [3.63, 3.8) is 0 Å². The Bertz CT molecular complexity index is 1490. The molecule has 2 N–H and O–H groups in total. The molecule has 16 heteroatoms. The van der Waals surface area contributed by atoms with E-state index in [2.05, 4.69) is 17.2 Å². The summed E-state index contributed by atoms with van der Waals surface area (Å²) in [6, 6.07) is 1.59. The minimum atomic E-state index is -1.89. The van der Waals surface area contributed by atoms with Crippen LogP contribution in [0.1, 0.15) is 82.8 Å². The second-order valence-electron chi connectivity index (χ2n) is 13.0. The van der Waals surface area contributed by atoms with Crippen molar-refractivity contribution in [2.75, 3.05) is 13.7 Å². The molecule has 3 unspecified atom stereocenters. The molecule has 6 atom stereocenters. The fourth-order valence-corrected chi connectivity index (χ4v) is 5.69. The van der Waals surface area contributed by atoms with Crippen LogP contribution in [-0.2, 0) is 52.4 Å². The van der Waals surface area contributed by atoms with Crippen molar-refractivity contribution >= 4 is 41.8 Å². The Morgan fingerprint density at radius 3 is 2.02 bits per heavy atom. The van der Waals surface area contributed by atoms with Crippen LogP contribution >= 0.6 is 0 Å². The molecule has 1 heterocycles. The van der Waals surface area contributed by atoms with Gasteiger partial charge in [0.05, 0.1) is 19.7 Å². The fourth-order valence-electron chi connectivity index (χ4n) is 5.69. The van der Waals surface area contributed by atoms with E-state index < -0.39 is 90.1 Å². The molecule has 0 spiro atoms. The molecule has 0 radical (unpaired) electrons. The van der Waals surface area contributed by atoms with Gasteiger partial charge in [0.15, 0.2) is 17.8 Å². The number of methoxy groups -OCH3 is 1. The molecular formula is C35H48N2O14. The first kappa shape index (κ1) is 42.2. The number of nitrogens with one attached hydrogen (secondary N) is 2. The first-order valence-corrected chi connectivity index (χ1v) is 16.1. The van der Waals surface area contributed by atoms with Gasteiger partial charge in [-0.25, -0.2) is 9.59 Å². The molecule has 0 aromatic heterocycles. The zero-order valence-electron chi connectivity index (χ0n) is 30.7. The molecule has 1 saturated heterocycles. The number of rotatable bonds is 13. The van der Waals surface area contributed by atoms with Crippen LogP contribution in [0.2, 0.25) is 0 Å². The lowest BCUT2D eigenvalue weighted by atomic mass is 9.81. The summed E-state index contributed by atoms with van der Waals surface area (Å²) in [6.07, 6.45) is -6.23. The van der Waals surface area contributed by atoms with Crippen LogP contribution in [-0.4, -0.2) is 97.2 Å². The van der Waals surface area contributed by atoms with Crippen LogP contribution < -0.4 is 15.4 Å². The molecule has 1 aromatic rings. The highest BCUT2D eigenvalue weighted by Crippen LogP contribution is 2.38. The van der Waals surface area contributed by atoms with Crippen LogP contribution in [0.25, 0.3) is 0 Å². The Balaban J connectivity index is 2.71. The van der Waals surface area contributed by atoms with Crippen molar-refractivity contribution in [3.8, 4) is 5.75 Å². The van der Waals surface area contributed by atoms with Gasteiger partial charge in [0.25, 0.3) is 5.91 Å². The van der Waals surface area contributed by atoms with E-state index >= 15 is 0 Å². The minimum Gasteiger partial charge on any atom is -0.467 e. The second-order valence-corrected chi connectivity index (χ2v) is 13.0. The number of hydrogen-bond donors (Lipinski definition) is 2. The summed E-state index contributed by atoms with van der Waals surface area (Å²) in [4.78, 5) is 89.0. The Labute approximate surface area is 296 Å². The molecule has 282 valence electrons. The molecule has 0 bridgehead atoms. The molecule has 1 aliphatic heterocycles. The van der Waals surface area contributed by atoms with Crippen molar-refractivity contribution in [2.24, 2.45) is 0 Å². The molecule has 2 amide bonds. The lowest BCUT2D eigenvalue weighted by Crippen LogP contribution is -2.69. The van der Waals surface area contributed by atoms with Gasteiger partial charge in [-0.1, -0.05) is 6.08 Å². The van der Waals surface area contributed by atoms with Crippen LogP contribution in [0.3, 0.4) is 0 Å². The van der Waals surface area contributed by atoms with E-state index in [1.54, 1.807) is 34.6 Å². The quantitative estimate of drug-likeness (QED) is 0.130. The van der Waals surface area contributed by atoms with Gasteiger partial charge in [0.1, 0.15) is 23.6 Å². The van der Waals surface area contributed by atoms with E-state index in [0.29, 0.717) is 16.9 Å². The summed E-state index contributed by atoms with van der Waals surface area (Å²) in [7, 11) is 1.11. The number of ether oxygens (including phenoxy) is 7. The van der Waals surface area contributed by atoms with Crippen LogP contribution in [0, 0.1) is 13.8 Å². The van der Waals surface area contributed by atoms with Crippen LogP contribution in [0.15, 0.2) is 24.8 Å². The SMILES string of the molecule is C=CCC1(C(=O)OC)C[C@H](OC(C)=O)C(NC(=O)OC(C)(C)C)[C@H]([C@H](OC(C)=O)C(CNC(=O)c2cc(C)c(OC(C)=O)c(C)c2)OC(C)=O)O1. The number of benzene rings is 1. The number of amides is 2. The van der Waals surface area contributed by atoms with Crippen molar-refractivity contribution in [3.05, 3.63) is 41.5 Å². The van der Waals surface area contributed by atoms with E-state index in [9.17, 15) is 33.6 Å². The Morgan fingerprint density at radius 1 is 0.961 bits per heavy atom. The molecular weight excluding hydrogens is 672 g/mol. The predicted octanol–water partition coefficient (Wildman–Crippen LogP) is 2.92. The molecule has 1 fully saturated rings. The summed E-state index contributed by atoms with van der Waals surface area (Å²) in [5.74, 6) is -4.31. The summed E-state index contributed by atoms with van der Waals surface area (Å²) < 4.78 is 39.0. The molecule has 1 aliphatic rings. The largest absolute Gasteiger partial charge is 0.467 e. The standard InChI is InChI=1S/C35H48N2O14/c1-12-13-35(32(43)45-11)16-25(46-20(4)38)27(37-33(44)51-34(8,9)10)30(50-35)29(49-23(7)41)26(47-21(5)39)17-36-31(42)24-14-18(2)28(19(3)15-24)48-22(6)40/h12,14-15,25-27,29-30H,1,13,16-17H2,2-11H3,(H,36,42)(H,37,44)/t25-,26?,27?,29+,30+,35?/m0/s1. The molecule has 0 aliphatic carbocycles. The zero-order chi connectivity index (χ0) is 38.8. The van der Waals surface area contributed by atoms with E-state index in [-0.39, 0.29) is 18.4 Å². The maximum atomic E-state index is 13.4. The van der Waals surface area contributed by atoms with Gasteiger partial charge < -0.3 is 43.8 Å². The van der Waals surface area contributed by atoms with Gasteiger partial charge in [-0.15, -0.1) is 6.58 Å². The molecule has 51 heavy (non-hydrogen) atoms. The second kappa shape index (κ2) is 17.8. The summed E-state index contributed by atoms with van der Waals surface area (Å²) in [5.41, 5.74) is -1.72. The topological polar surface area (TPSA) is 208 Å².